The summed E-state index contributed by atoms with van der Waals surface area (Å²) in [6.45, 7) is 6.86. The fraction of sp³-hybridized carbons (Fsp3) is 0.421. The van der Waals surface area contributed by atoms with Crippen molar-refractivity contribution in [3.63, 3.8) is 0 Å². The van der Waals surface area contributed by atoms with Gasteiger partial charge in [-0.1, -0.05) is 44.2 Å². The number of pyridine rings is 1. The van der Waals surface area contributed by atoms with Gasteiger partial charge in [0.25, 0.3) is 0 Å². The maximum absolute atomic E-state index is 4.09. The molecule has 0 radical (unpaired) electrons. The van der Waals surface area contributed by atoms with E-state index in [1.54, 1.807) is 0 Å². The van der Waals surface area contributed by atoms with Gasteiger partial charge in [-0.05, 0) is 42.1 Å². The van der Waals surface area contributed by atoms with Crippen LogP contribution in [0, 0.1) is 5.41 Å². The first-order chi connectivity index (χ1) is 10.0. The second-order valence-corrected chi connectivity index (χ2v) is 7.04. The van der Waals surface area contributed by atoms with Crippen LogP contribution < -0.4 is 0 Å². The molecule has 1 atom stereocenters. The number of hydrogen-bond acceptors (Lipinski definition) is 2. The predicted octanol–water partition coefficient (Wildman–Crippen LogP) is 3.88. The molecular weight excluding hydrogens is 256 g/mol. The average Bonchev–Trinajstić information content (AvgIpc) is 3.03. The zero-order valence-corrected chi connectivity index (χ0v) is 13.2. The molecule has 1 heterocycles. The van der Waals surface area contributed by atoms with Crippen LogP contribution in [0.3, 0.4) is 0 Å². The van der Waals surface area contributed by atoms with E-state index in [2.05, 4.69) is 73.2 Å². The van der Waals surface area contributed by atoms with E-state index >= 15 is 0 Å². The van der Waals surface area contributed by atoms with Crippen LogP contribution in [0.1, 0.15) is 31.4 Å². The summed E-state index contributed by atoms with van der Waals surface area (Å²) in [5, 5.41) is 0. The Kier molecular flexibility index (Phi) is 3.58. The molecule has 1 saturated carbocycles. The number of aromatic nitrogens is 1. The van der Waals surface area contributed by atoms with Crippen molar-refractivity contribution in [1.82, 2.24) is 9.88 Å². The minimum atomic E-state index is 0.302. The lowest BCUT2D eigenvalue weighted by atomic mass is 9.87. The van der Waals surface area contributed by atoms with E-state index in [4.69, 9.17) is 0 Å². The van der Waals surface area contributed by atoms with E-state index in [0.29, 0.717) is 10.8 Å². The standard InChI is InChI=1S/C19H24N2/c1-18(2)14-19(18,17-7-5-4-6-8-17)15-21(3)13-16-9-11-20-12-10-16/h4-12H,13-15H2,1-3H3. The van der Waals surface area contributed by atoms with Crippen LogP contribution in [-0.4, -0.2) is 23.5 Å². The first kappa shape index (κ1) is 14.3. The summed E-state index contributed by atoms with van der Waals surface area (Å²) in [4.78, 5) is 6.53. The van der Waals surface area contributed by atoms with Crippen molar-refractivity contribution < 1.29 is 0 Å². The largest absolute Gasteiger partial charge is 0.301 e. The van der Waals surface area contributed by atoms with Crippen molar-refractivity contribution in [3.05, 3.63) is 66.0 Å². The molecule has 110 valence electrons. The summed E-state index contributed by atoms with van der Waals surface area (Å²) in [7, 11) is 2.22. The summed E-state index contributed by atoms with van der Waals surface area (Å²) in [6.07, 6.45) is 5.01. The molecule has 0 aliphatic heterocycles. The maximum atomic E-state index is 4.09. The molecule has 3 rings (SSSR count). The maximum Gasteiger partial charge on any atom is 0.0271 e. The Bertz CT molecular complexity index is 591. The van der Waals surface area contributed by atoms with Crippen molar-refractivity contribution in [2.75, 3.05) is 13.6 Å². The second kappa shape index (κ2) is 5.27. The van der Waals surface area contributed by atoms with Crippen molar-refractivity contribution in [2.24, 2.45) is 5.41 Å². The first-order valence-electron chi connectivity index (χ1n) is 7.66. The Balaban J connectivity index is 1.75. The zero-order valence-electron chi connectivity index (χ0n) is 13.2. The van der Waals surface area contributed by atoms with Crippen LogP contribution in [0.25, 0.3) is 0 Å². The van der Waals surface area contributed by atoms with Gasteiger partial charge in [0.05, 0.1) is 0 Å². The molecule has 2 aromatic rings. The smallest absolute Gasteiger partial charge is 0.0271 e. The highest BCUT2D eigenvalue weighted by Gasteiger charge is 2.61. The van der Waals surface area contributed by atoms with Crippen LogP contribution in [0.5, 0.6) is 0 Å². The molecule has 2 heteroatoms. The fourth-order valence-electron chi connectivity index (χ4n) is 3.64. The number of likely N-dealkylation sites (N-methyl/N-ethyl adjacent to an activating group) is 1. The molecule has 2 nitrogen and oxygen atoms in total. The molecule has 1 aromatic carbocycles. The van der Waals surface area contributed by atoms with Crippen molar-refractivity contribution in [1.29, 1.82) is 0 Å². The number of nitrogens with zero attached hydrogens (tertiary/aromatic N) is 2. The highest BCUT2D eigenvalue weighted by molar-refractivity contribution is 5.37. The Morgan fingerprint density at radius 1 is 1.05 bits per heavy atom. The SMILES string of the molecule is CN(Cc1ccncc1)CC1(c2ccccc2)CC1(C)C. The van der Waals surface area contributed by atoms with E-state index in [-0.39, 0.29) is 0 Å². The van der Waals surface area contributed by atoms with Gasteiger partial charge in [0.2, 0.25) is 0 Å². The Hall–Kier alpha value is -1.67. The third-order valence-electron chi connectivity index (χ3n) is 4.98. The normalized spacial score (nSPS) is 23.2. The molecule has 0 N–H and O–H groups in total. The van der Waals surface area contributed by atoms with E-state index in [0.717, 1.165) is 13.1 Å². The van der Waals surface area contributed by atoms with E-state index in [9.17, 15) is 0 Å². The Labute approximate surface area is 127 Å². The lowest BCUT2D eigenvalue weighted by molar-refractivity contribution is 0.271. The zero-order chi connectivity index (χ0) is 14.9. The van der Waals surface area contributed by atoms with Gasteiger partial charge < -0.3 is 4.90 Å². The molecule has 0 bridgehead atoms. The quantitative estimate of drug-likeness (QED) is 0.826. The topological polar surface area (TPSA) is 16.1 Å². The van der Waals surface area contributed by atoms with E-state index < -0.39 is 0 Å². The van der Waals surface area contributed by atoms with Gasteiger partial charge in [0.15, 0.2) is 0 Å². The van der Waals surface area contributed by atoms with Crippen molar-refractivity contribution in [3.8, 4) is 0 Å². The molecule has 1 unspecified atom stereocenters. The van der Waals surface area contributed by atoms with Gasteiger partial charge in [0, 0.05) is 30.9 Å². The van der Waals surface area contributed by atoms with Gasteiger partial charge in [-0.3, -0.25) is 4.98 Å². The molecule has 0 spiro atoms. The summed E-state index contributed by atoms with van der Waals surface area (Å²) in [6, 6.07) is 15.2. The lowest BCUT2D eigenvalue weighted by Gasteiger charge is -2.27. The van der Waals surface area contributed by atoms with Crippen molar-refractivity contribution >= 4 is 0 Å². The van der Waals surface area contributed by atoms with Crippen LogP contribution in [0.15, 0.2) is 54.9 Å². The highest BCUT2D eigenvalue weighted by Crippen LogP contribution is 2.64. The predicted molar refractivity (Wildman–Crippen MR) is 87.1 cm³/mol. The number of benzene rings is 1. The van der Waals surface area contributed by atoms with Crippen LogP contribution in [0.4, 0.5) is 0 Å². The summed E-state index contributed by atoms with van der Waals surface area (Å²) >= 11 is 0. The molecule has 0 saturated heterocycles. The third kappa shape index (κ3) is 2.73. The van der Waals surface area contributed by atoms with Crippen LogP contribution in [-0.2, 0) is 12.0 Å². The molecule has 21 heavy (non-hydrogen) atoms. The average molecular weight is 280 g/mol. The van der Waals surface area contributed by atoms with Crippen LogP contribution in [0.2, 0.25) is 0 Å². The van der Waals surface area contributed by atoms with E-state index in [1.165, 1.54) is 17.5 Å². The van der Waals surface area contributed by atoms with Gasteiger partial charge in [-0.25, -0.2) is 0 Å². The molecule has 1 aromatic heterocycles. The van der Waals surface area contributed by atoms with E-state index in [1.807, 2.05) is 12.4 Å². The second-order valence-electron chi connectivity index (χ2n) is 7.04. The lowest BCUT2D eigenvalue weighted by Crippen LogP contribution is -2.32. The van der Waals surface area contributed by atoms with Gasteiger partial charge in [0.1, 0.15) is 0 Å². The summed E-state index contributed by atoms with van der Waals surface area (Å²) in [5.41, 5.74) is 3.50. The molecule has 1 fully saturated rings. The summed E-state index contributed by atoms with van der Waals surface area (Å²) < 4.78 is 0. The Morgan fingerprint density at radius 3 is 2.24 bits per heavy atom. The molecular formula is C19H24N2. The van der Waals surface area contributed by atoms with Gasteiger partial charge in [-0.15, -0.1) is 0 Å². The minimum Gasteiger partial charge on any atom is -0.301 e. The third-order valence-corrected chi connectivity index (χ3v) is 4.98. The molecule has 1 aliphatic carbocycles. The van der Waals surface area contributed by atoms with Gasteiger partial charge in [-0.2, -0.15) is 0 Å². The fourth-order valence-corrected chi connectivity index (χ4v) is 3.64. The number of rotatable bonds is 5. The monoisotopic (exact) mass is 280 g/mol. The highest BCUT2D eigenvalue weighted by atomic mass is 15.1. The Morgan fingerprint density at radius 2 is 1.67 bits per heavy atom. The number of hydrogen-bond donors (Lipinski definition) is 0. The van der Waals surface area contributed by atoms with Crippen LogP contribution >= 0.6 is 0 Å². The van der Waals surface area contributed by atoms with Crippen molar-refractivity contribution in [2.45, 2.75) is 32.2 Å². The molecule has 1 aliphatic rings. The summed E-state index contributed by atoms with van der Waals surface area (Å²) in [5.74, 6) is 0. The first-order valence-corrected chi connectivity index (χ1v) is 7.66. The molecule has 0 amide bonds. The van der Waals surface area contributed by atoms with Gasteiger partial charge >= 0.3 is 0 Å². The minimum absolute atomic E-state index is 0.302.